The van der Waals surface area contributed by atoms with Crippen molar-refractivity contribution in [3.05, 3.63) is 28.2 Å². The standard InChI is InChI=1S/C18H23N5O6S/c1-7-12(8(2)22(5)21-7)18(19)11(6-29-10(4)25)14(17(27)28)23-15(26)13(16(23)30-18)20-9(3)24/h13,16H,6,19H2,1-5H3,(H,20,24)(H,27,28)/t13-,16-,18?/m1/s1. The lowest BCUT2D eigenvalue weighted by Gasteiger charge is -2.54. The summed E-state index contributed by atoms with van der Waals surface area (Å²) >= 11 is 1.12. The van der Waals surface area contributed by atoms with Crippen LogP contribution >= 0.6 is 11.8 Å². The quantitative estimate of drug-likeness (QED) is 0.407. The average Bonchev–Trinajstić information content (AvgIpc) is 2.89. The highest BCUT2D eigenvalue weighted by molar-refractivity contribution is 8.01. The van der Waals surface area contributed by atoms with Crippen molar-refractivity contribution in [1.29, 1.82) is 0 Å². The molecule has 1 aromatic heterocycles. The number of hydrogen-bond donors (Lipinski definition) is 3. The van der Waals surface area contributed by atoms with Crippen molar-refractivity contribution in [3.8, 4) is 0 Å². The Balaban J connectivity index is 2.23. The molecule has 2 aliphatic heterocycles. The van der Waals surface area contributed by atoms with Gasteiger partial charge in [0.25, 0.3) is 5.91 Å². The van der Waals surface area contributed by atoms with Gasteiger partial charge in [0.2, 0.25) is 5.91 Å². The van der Waals surface area contributed by atoms with Crippen LogP contribution in [0.3, 0.4) is 0 Å². The number of nitrogens with zero attached hydrogens (tertiary/aromatic N) is 3. The van der Waals surface area contributed by atoms with E-state index in [1.54, 1.807) is 25.6 Å². The van der Waals surface area contributed by atoms with Crippen LogP contribution in [0, 0.1) is 13.8 Å². The highest BCUT2D eigenvalue weighted by atomic mass is 32.2. The number of aliphatic carboxylic acids is 1. The summed E-state index contributed by atoms with van der Waals surface area (Å²) < 4.78 is 6.73. The minimum absolute atomic E-state index is 0.0697. The lowest BCUT2D eigenvalue weighted by atomic mass is 9.92. The molecule has 1 aromatic rings. The van der Waals surface area contributed by atoms with Crippen LogP contribution in [0.4, 0.5) is 0 Å². The van der Waals surface area contributed by atoms with Gasteiger partial charge in [-0.1, -0.05) is 0 Å². The summed E-state index contributed by atoms with van der Waals surface area (Å²) in [6.45, 7) is 5.59. The zero-order chi connectivity index (χ0) is 22.5. The molecule has 162 valence electrons. The molecule has 1 saturated heterocycles. The zero-order valence-corrected chi connectivity index (χ0v) is 18.0. The van der Waals surface area contributed by atoms with E-state index in [1.807, 2.05) is 0 Å². The van der Waals surface area contributed by atoms with E-state index in [0.29, 0.717) is 17.0 Å². The first kappa shape index (κ1) is 21.8. The van der Waals surface area contributed by atoms with E-state index in [4.69, 9.17) is 10.5 Å². The Hall–Kier alpha value is -2.86. The number of thioether (sulfide) groups is 1. The summed E-state index contributed by atoms with van der Waals surface area (Å²) in [5, 5.41) is 16.1. The van der Waals surface area contributed by atoms with Crippen molar-refractivity contribution in [1.82, 2.24) is 20.0 Å². The average molecular weight is 437 g/mol. The van der Waals surface area contributed by atoms with Crippen LogP contribution in [-0.2, 0) is 35.8 Å². The third-order valence-corrected chi connectivity index (χ3v) is 6.73. The normalized spacial score (nSPS) is 25.5. The Morgan fingerprint density at radius 3 is 2.43 bits per heavy atom. The van der Waals surface area contributed by atoms with Crippen LogP contribution in [0.15, 0.2) is 11.3 Å². The maximum Gasteiger partial charge on any atom is 0.352 e. The van der Waals surface area contributed by atoms with Crippen LogP contribution in [0.1, 0.15) is 30.8 Å². The second kappa shape index (κ2) is 7.43. The lowest BCUT2D eigenvalue weighted by molar-refractivity contribution is -0.151. The van der Waals surface area contributed by atoms with Gasteiger partial charge in [-0.15, -0.1) is 11.8 Å². The zero-order valence-electron chi connectivity index (χ0n) is 17.2. The maximum atomic E-state index is 12.7. The Labute approximate surface area is 176 Å². The predicted octanol–water partition coefficient (Wildman–Crippen LogP) is -0.530. The Bertz CT molecular complexity index is 1000. The largest absolute Gasteiger partial charge is 0.477 e. The molecule has 3 atom stereocenters. The molecule has 0 aliphatic carbocycles. The Morgan fingerprint density at radius 2 is 1.97 bits per heavy atom. The number of hydrogen-bond acceptors (Lipinski definition) is 8. The molecular weight excluding hydrogens is 414 g/mol. The van der Waals surface area contributed by atoms with Crippen LogP contribution < -0.4 is 11.1 Å². The highest BCUT2D eigenvalue weighted by Gasteiger charge is 2.60. The van der Waals surface area contributed by atoms with Gasteiger partial charge in [-0.25, -0.2) is 4.79 Å². The van der Waals surface area contributed by atoms with Crippen LogP contribution in [0.25, 0.3) is 0 Å². The summed E-state index contributed by atoms with van der Waals surface area (Å²) in [6, 6.07) is -0.919. The Morgan fingerprint density at radius 1 is 1.33 bits per heavy atom. The molecule has 0 saturated carbocycles. The molecule has 0 aromatic carbocycles. The van der Waals surface area contributed by atoms with E-state index in [1.165, 1.54) is 13.8 Å². The van der Waals surface area contributed by atoms with Crippen LogP contribution in [0.2, 0.25) is 0 Å². The number of rotatable bonds is 5. The van der Waals surface area contributed by atoms with Gasteiger partial charge in [-0.05, 0) is 13.8 Å². The minimum Gasteiger partial charge on any atom is -0.477 e. The van der Waals surface area contributed by atoms with E-state index < -0.39 is 46.6 Å². The van der Waals surface area contributed by atoms with E-state index >= 15 is 0 Å². The van der Waals surface area contributed by atoms with E-state index in [2.05, 4.69) is 10.4 Å². The SMILES string of the molecule is CC(=O)N[C@@H]1C(=O)N2C(C(=O)O)=C(COC(C)=O)C(N)(c3c(C)nn(C)c3C)S[C@H]12. The number of nitrogens with one attached hydrogen (secondary N) is 1. The summed E-state index contributed by atoms with van der Waals surface area (Å²) in [4.78, 5) is 47.5. The number of carboxylic acid groups (broad SMARTS) is 1. The number of fused-ring (bicyclic) bond motifs is 1. The molecule has 0 spiro atoms. The third-order valence-electron chi connectivity index (χ3n) is 5.19. The highest BCUT2D eigenvalue weighted by Crippen LogP contribution is 2.53. The maximum absolute atomic E-state index is 12.7. The third kappa shape index (κ3) is 3.25. The van der Waals surface area contributed by atoms with Crippen molar-refractivity contribution in [2.24, 2.45) is 12.8 Å². The molecule has 2 amide bonds. The predicted molar refractivity (Wildman–Crippen MR) is 106 cm³/mol. The van der Waals surface area contributed by atoms with Crippen LogP contribution in [-0.4, -0.2) is 61.6 Å². The van der Waals surface area contributed by atoms with Gasteiger partial charge < -0.3 is 20.9 Å². The number of aryl methyl sites for hydroxylation is 2. The van der Waals surface area contributed by atoms with E-state index in [-0.39, 0.29) is 11.3 Å². The number of amides is 2. The van der Waals surface area contributed by atoms with E-state index in [9.17, 15) is 24.3 Å². The van der Waals surface area contributed by atoms with Crippen molar-refractivity contribution < 1.29 is 29.0 Å². The summed E-state index contributed by atoms with van der Waals surface area (Å²) in [7, 11) is 1.73. The molecule has 0 bridgehead atoms. The first-order valence-corrected chi connectivity index (χ1v) is 9.96. The van der Waals surface area contributed by atoms with Crippen molar-refractivity contribution in [3.63, 3.8) is 0 Å². The molecular formula is C18H23N5O6S. The monoisotopic (exact) mass is 437 g/mol. The molecule has 11 nitrogen and oxygen atoms in total. The fourth-order valence-corrected chi connectivity index (χ4v) is 5.59. The van der Waals surface area contributed by atoms with Gasteiger partial charge in [-0.3, -0.25) is 24.0 Å². The number of esters is 1. The van der Waals surface area contributed by atoms with Crippen molar-refractivity contribution in [2.75, 3.05) is 6.61 Å². The fraction of sp³-hybridized carbons (Fsp3) is 0.500. The molecule has 3 rings (SSSR count). The summed E-state index contributed by atoms with van der Waals surface area (Å²) in [5.74, 6) is -2.99. The first-order chi connectivity index (χ1) is 13.9. The van der Waals surface area contributed by atoms with E-state index in [0.717, 1.165) is 16.7 Å². The van der Waals surface area contributed by atoms with Gasteiger partial charge in [-0.2, -0.15) is 5.10 Å². The smallest absolute Gasteiger partial charge is 0.352 e. The van der Waals surface area contributed by atoms with Crippen molar-refractivity contribution >= 4 is 35.5 Å². The molecule has 30 heavy (non-hydrogen) atoms. The number of ether oxygens (including phenoxy) is 1. The molecule has 3 heterocycles. The molecule has 1 fully saturated rings. The number of carbonyl (C=O) groups is 4. The molecule has 4 N–H and O–H groups in total. The number of β-lactam (4-membered cyclic amide) rings is 1. The number of carboxylic acids is 1. The minimum atomic E-state index is -1.45. The van der Waals surface area contributed by atoms with Gasteiger partial charge >= 0.3 is 11.9 Å². The second-order valence-corrected chi connectivity index (χ2v) is 8.58. The molecule has 12 heteroatoms. The van der Waals surface area contributed by atoms with Gasteiger partial charge in [0.1, 0.15) is 28.6 Å². The second-order valence-electron chi connectivity index (χ2n) is 7.21. The van der Waals surface area contributed by atoms with Gasteiger partial charge in [0.05, 0.1) is 5.69 Å². The molecule has 1 unspecified atom stereocenters. The first-order valence-electron chi connectivity index (χ1n) is 9.08. The van der Waals surface area contributed by atoms with Crippen LogP contribution in [0.5, 0.6) is 0 Å². The molecule has 2 aliphatic rings. The lowest BCUT2D eigenvalue weighted by Crippen LogP contribution is -2.72. The van der Waals surface area contributed by atoms with Crippen molar-refractivity contribution in [2.45, 2.75) is 44.0 Å². The number of aromatic nitrogens is 2. The summed E-state index contributed by atoms with van der Waals surface area (Å²) in [6.07, 6.45) is 0. The molecule has 0 radical (unpaired) electrons. The van der Waals surface area contributed by atoms with Gasteiger partial charge in [0.15, 0.2) is 0 Å². The number of nitrogens with two attached hydrogens (primary N) is 1. The Kier molecular flexibility index (Phi) is 5.41. The number of carbonyl (C=O) groups excluding carboxylic acids is 3. The van der Waals surface area contributed by atoms with Gasteiger partial charge in [0, 0.05) is 37.7 Å². The summed E-state index contributed by atoms with van der Waals surface area (Å²) in [5.41, 5.74) is 8.38. The fourth-order valence-electron chi connectivity index (χ4n) is 3.86. The topological polar surface area (TPSA) is 157 Å².